The summed E-state index contributed by atoms with van der Waals surface area (Å²) in [6.45, 7) is 0. The van der Waals surface area contributed by atoms with Crippen molar-refractivity contribution in [2.75, 3.05) is 0 Å². The first-order valence-electron chi connectivity index (χ1n) is 5.89. The van der Waals surface area contributed by atoms with Gasteiger partial charge in [0.05, 0.1) is 15.0 Å². The van der Waals surface area contributed by atoms with Crippen molar-refractivity contribution in [1.29, 1.82) is 0 Å². The summed E-state index contributed by atoms with van der Waals surface area (Å²) in [4.78, 5) is 22.2. The van der Waals surface area contributed by atoms with Gasteiger partial charge in [-0.05, 0) is 29.8 Å². The van der Waals surface area contributed by atoms with E-state index in [1.165, 1.54) is 30.4 Å². The van der Waals surface area contributed by atoms with E-state index in [0.717, 1.165) is 0 Å². The van der Waals surface area contributed by atoms with E-state index in [9.17, 15) is 14.9 Å². The van der Waals surface area contributed by atoms with Gasteiger partial charge in [0.15, 0.2) is 5.78 Å². The summed E-state index contributed by atoms with van der Waals surface area (Å²) in [6.07, 6.45) is 2.84. The molecule has 0 fully saturated rings. The average molecular weight is 322 g/mol. The fourth-order valence-electron chi connectivity index (χ4n) is 1.66. The molecule has 0 saturated carbocycles. The summed E-state index contributed by atoms with van der Waals surface area (Å²) in [7, 11) is 0. The number of nitro groups is 1. The molecule has 0 radical (unpaired) electrons. The van der Waals surface area contributed by atoms with Crippen LogP contribution in [0, 0.1) is 10.1 Å². The maximum Gasteiger partial charge on any atom is 0.270 e. The second-order valence-electron chi connectivity index (χ2n) is 4.18. The third-order valence-electron chi connectivity index (χ3n) is 2.71. The molecule has 4 nitrogen and oxygen atoms in total. The van der Waals surface area contributed by atoms with Crippen molar-refractivity contribution < 1.29 is 9.72 Å². The Labute approximate surface area is 130 Å². The number of benzene rings is 2. The van der Waals surface area contributed by atoms with Crippen molar-refractivity contribution in [3.05, 3.63) is 79.8 Å². The second kappa shape index (κ2) is 6.52. The summed E-state index contributed by atoms with van der Waals surface area (Å²) < 4.78 is 0. The number of nitro benzene ring substituents is 1. The first kappa shape index (κ1) is 15.2. The zero-order chi connectivity index (χ0) is 15.4. The Kier molecular flexibility index (Phi) is 4.73. The zero-order valence-electron chi connectivity index (χ0n) is 10.6. The first-order chi connectivity index (χ1) is 9.97. The first-order valence-corrected chi connectivity index (χ1v) is 6.65. The van der Waals surface area contributed by atoms with Crippen molar-refractivity contribution in [2.24, 2.45) is 0 Å². The van der Waals surface area contributed by atoms with Gasteiger partial charge >= 0.3 is 0 Å². The third-order valence-corrected chi connectivity index (χ3v) is 3.45. The third kappa shape index (κ3) is 3.90. The van der Waals surface area contributed by atoms with Crippen molar-refractivity contribution in [2.45, 2.75) is 0 Å². The number of hydrogen-bond acceptors (Lipinski definition) is 3. The zero-order valence-corrected chi connectivity index (χ0v) is 12.1. The number of rotatable bonds is 4. The van der Waals surface area contributed by atoms with Gasteiger partial charge in [0.1, 0.15) is 0 Å². The molecule has 21 heavy (non-hydrogen) atoms. The van der Waals surface area contributed by atoms with Gasteiger partial charge in [-0.3, -0.25) is 14.9 Å². The van der Waals surface area contributed by atoms with Crippen LogP contribution < -0.4 is 0 Å². The molecule has 106 valence electrons. The molecule has 0 aliphatic heterocycles. The van der Waals surface area contributed by atoms with Gasteiger partial charge in [-0.2, -0.15) is 0 Å². The highest BCUT2D eigenvalue weighted by atomic mass is 35.5. The van der Waals surface area contributed by atoms with Crippen LogP contribution in [0.2, 0.25) is 10.0 Å². The quantitative estimate of drug-likeness (QED) is 0.352. The van der Waals surface area contributed by atoms with Gasteiger partial charge in [-0.15, -0.1) is 0 Å². The van der Waals surface area contributed by atoms with E-state index in [4.69, 9.17) is 23.2 Å². The Hall–Kier alpha value is -2.17. The average Bonchev–Trinajstić information content (AvgIpc) is 2.48. The van der Waals surface area contributed by atoms with E-state index in [2.05, 4.69) is 0 Å². The molecule has 0 aromatic heterocycles. The van der Waals surface area contributed by atoms with Crippen LogP contribution in [0.25, 0.3) is 6.08 Å². The van der Waals surface area contributed by atoms with Crippen LogP contribution in [0.5, 0.6) is 0 Å². The molecular formula is C15H9Cl2NO3. The molecule has 0 saturated heterocycles. The number of ketones is 1. The Balaban J connectivity index is 2.20. The van der Waals surface area contributed by atoms with E-state index >= 15 is 0 Å². The second-order valence-corrected chi connectivity index (χ2v) is 4.99. The predicted molar refractivity (Wildman–Crippen MR) is 82.9 cm³/mol. The van der Waals surface area contributed by atoms with Crippen LogP contribution in [0.4, 0.5) is 5.69 Å². The van der Waals surface area contributed by atoms with Gasteiger partial charge in [0.25, 0.3) is 5.69 Å². The summed E-state index contributed by atoms with van der Waals surface area (Å²) >= 11 is 11.6. The van der Waals surface area contributed by atoms with Gasteiger partial charge in [0.2, 0.25) is 0 Å². The predicted octanol–water partition coefficient (Wildman–Crippen LogP) is 4.80. The lowest BCUT2D eigenvalue weighted by molar-refractivity contribution is -0.384. The van der Waals surface area contributed by atoms with Gasteiger partial charge in [-0.25, -0.2) is 0 Å². The molecule has 0 heterocycles. The standard InChI is InChI=1S/C15H9Cl2NO3/c16-13-6-5-11(9-14(13)17)15(19)7-4-10-2-1-3-12(8-10)18(20)21/h1-9H/b7-4+. The summed E-state index contributed by atoms with van der Waals surface area (Å²) in [6, 6.07) is 10.6. The van der Waals surface area contributed by atoms with Crippen LogP contribution in [0.1, 0.15) is 15.9 Å². The van der Waals surface area contributed by atoms with Crippen LogP contribution in [-0.2, 0) is 0 Å². The molecule has 0 unspecified atom stereocenters. The fourth-order valence-corrected chi connectivity index (χ4v) is 1.96. The van der Waals surface area contributed by atoms with E-state index in [-0.39, 0.29) is 11.5 Å². The topological polar surface area (TPSA) is 60.2 Å². The highest BCUT2D eigenvalue weighted by Gasteiger charge is 2.06. The van der Waals surface area contributed by atoms with E-state index in [0.29, 0.717) is 21.2 Å². The molecule has 0 atom stereocenters. The molecule has 2 aromatic carbocycles. The summed E-state index contributed by atoms with van der Waals surface area (Å²) in [5.41, 5.74) is 0.933. The maximum absolute atomic E-state index is 12.0. The van der Waals surface area contributed by atoms with Crippen molar-refractivity contribution in [3.63, 3.8) is 0 Å². The Morgan fingerprint density at radius 3 is 2.52 bits per heavy atom. The van der Waals surface area contributed by atoms with E-state index < -0.39 is 4.92 Å². The van der Waals surface area contributed by atoms with Crippen LogP contribution >= 0.6 is 23.2 Å². The molecule has 0 aliphatic carbocycles. The summed E-state index contributed by atoms with van der Waals surface area (Å²) in [5.74, 6) is -0.264. The fraction of sp³-hybridized carbons (Fsp3) is 0. The Morgan fingerprint density at radius 1 is 1.10 bits per heavy atom. The molecule has 0 N–H and O–H groups in total. The number of non-ortho nitro benzene ring substituents is 1. The smallest absolute Gasteiger partial charge is 0.270 e. The minimum absolute atomic E-state index is 0.0286. The van der Waals surface area contributed by atoms with Crippen LogP contribution in [-0.4, -0.2) is 10.7 Å². The molecule has 0 bridgehead atoms. The van der Waals surface area contributed by atoms with Gasteiger partial charge in [0, 0.05) is 17.7 Å². The largest absolute Gasteiger partial charge is 0.289 e. The van der Waals surface area contributed by atoms with Crippen LogP contribution in [0.3, 0.4) is 0 Å². The summed E-state index contributed by atoms with van der Waals surface area (Å²) in [5, 5.41) is 11.3. The molecule has 2 rings (SSSR count). The van der Waals surface area contributed by atoms with E-state index in [1.54, 1.807) is 24.3 Å². The lowest BCUT2D eigenvalue weighted by Crippen LogP contribution is -1.94. The minimum atomic E-state index is -0.488. The highest BCUT2D eigenvalue weighted by molar-refractivity contribution is 6.42. The molecular weight excluding hydrogens is 313 g/mol. The van der Waals surface area contributed by atoms with Crippen molar-refractivity contribution in [3.8, 4) is 0 Å². The molecule has 0 spiro atoms. The minimum Gasteiger partial charge on any atom is -0.289 e. The highest BCUT2D eigenvalue weighted by Crippen LogP contribution is 2.23. The number of carbonyl (C=O) groups is 1. The normalized spacial score (nSPS) is 10.8. The van der Waals surface area contributed by atoms with E-state index in [1.807, 2.05) is 0 Å². The maximum atomic E-state index is 12.0. The number of allylic oxidation sites excluding steroid dienone is 1. The molecule has 6 heteroatoms. The lowest BCUT2D eigenvalue weighted by Gasteiger charge is -1.99. The number of carbonyl (C=O) groups excluding carboxylic acids is 1. The van der Waals surface area contributed by atoms with Gasteiger partial charge in [-0.1, -0.05) is 41.4 Å². The Bertz CT molecular complexity index is 741. The SMILES string of the molecule is O=C(/C=C/c1cccc([N+](=O)[O-])c1)c1ccc(Cl)c(Cl)c1. The van der Waals surface area contributed by atoms with Gasteiger partial charge < -0.3 is 0 Å². The van der Waals surface area contributed by atoms with Crippen molar-refractivity contribution in [1.82, 2.24) is 0 Å². The number of halogens is 2. The van der Waals surface area contributed by atoms with Crippen LogP contribution in [0.15, 0.2) is 48.5 Å². The Morgan fingerprint density at radius 2 is 1.86 bits per heavy atom. The molecule has 0 amide bonds. The van der Waals surface area contributed by atoms with Crippen molar-refractivity contribution >= 4 is 40.7 Å². The number of nitrogens with zero attached hydrogens (tertiary/aromatic N) is 1. The molecule has 0 aliphatic rings. The molecule has 2 aromatic rings. The number of hydrogen-bond donors (Lipinski definition) is 0. The lowest BCUT2D eigenvalue weighted by atomic mass is 10.1. The monoisotopic (exact) mass is 321 g/mol.